The number of hydrogen-bond acceptors (Lipinski definition) is 2. The van der Waals surface area contributed by atoms with Gasteiger partial charge >= 0.3 is 0 Å². The summed E-state index contributed by atoms with van der Waals surface area (Å²) >= 11 is 14.1. The van der Waals surface area contributed by atoms with Gasteiger partial charge in [0.05, 0.1) is 10.0 Å². The molecule has 0 aliphatic carbocycles. The molecule has 0 saturated heterocycles. The number of nitrogens with one attached hydrogen (secondary N) is 1. The van der Waals surface area contributed by atoms with E-state index in [2.05, 4.69) is 24.6 Å². The van der Waals surface area contributed by atoms with Crippen molar-refractivity contribution < 1.29 is 0 Å². The van der Waals surface area contributed by atoms with E-state index in [0.29, 0.717) is 16.1 Å². The van der Waals surface area contributed by atoms with Crippen LogP contribution in [0.4, 0.5) is 0 Å². The molecule has 0 heterocycles. The van der Waals surface area contributed by atoms with Gasteiger partial charge in [0.2, 0.25) is 0 Å². The molecule has 1 atom stereocenters. The number of thioether (sulfide) groups is 1. The molecule has 4 heteroatoms. The lowest BCUT2D eigenvalue weighted by Gasteiger charge is -2.18. The molecule has 0 aliphatic rings. The first kappa shape index (κ1) is 15.2. The first-order valence-electron chi connectivity index (χ1n) is 5.84. The number of hydrogen-bond donors (Lipinski definition) is 1. The lowest BCUT2D eigenvalue weighted by atomic mass is 10.0. The molecular weight excluding hydrogens is 273 g/mol. The molecule has 1 N–H and O–H groups in total. The van der Waals surface area contributed by atoms with Gasteiger partial charge in [0.1, 0.15) is 0 Å². The monoisotopic (exact) mass is 291 g/mol. The Kier molecular flexibility index (Phi) is 7.36. The van der Waals surface area contributed by atoms with Gasteiger partial charge in [0.15, 0.2) is 0 Å². The smallest absolute Gasteiger partial charge is 0.0624 e. The number of benzene rings is 1. The summed E-state index contributed by atoms with van der Waals surface area (Å²) in [5.41, 5.74) is 1.13. The van der Waals surface area contributed by atoms with Crippen LogP contribution in [0.2, 0.25) is 10.0 Å². The van der Waals surface area contributed by atoms with E-state index in [1.807, 2.05) is 23.9 Å². The molecule has 0 bridgehead atoms. The van der Waals surface area contributed by atoms with Crippen LogP contribution in [0.1, 0.15) is 18.9 Å². The maximum atomic E-state index is 6.21. The van der Waals surface area contributed by atoms with Gasteiger partial charge in [-0.05, 0) is 43.0 Å². The third kappa shape index (κ3) is 5.09. The highest BCUT2D eigenvalue weighted by molar-refractivity contribution is 7.98. The summed E-state index contributed by atoms with van der Waals surface area (Å²) in [6, 6.07) is 6.32. The summed E-state index contributed by atoms with van der Waals surface area (Å²) in [4.78, 5) is 0. The second kappa shape index (κ2) is 8.25. The van der Waals surface area contributed by atoms with Crippen molar-refractivity contribution in [1.29, 1.82) is 0 Å². The topological polar surface area (TPSA) is 12.0 Å². The van der Waals surface area contributed by atoms with Crippen molar-refractivity contribution in [3.63, 3.8) is 0 Å². The Bertz CT molecular complexity index is 344. The summed E-state index contributed by atoms with van der Waals surface area (Å²) in [5.74, 6) is 1.16. The van der Waals surface area contributed by atoms with Crippen LogP contribution in [0.5, 0.6) is 0 Å². The van der Waals surface area contributed by atoms with Gasteiger partial charge in [-0.3, -0.25) is 0 Å². The van der Waals surface area contributed by atoms with Crippen LogP contribution >= 0.6 is 35.0 Å². The molecule has 0 aromatic heterocycles. The summed E-state index contributed by atoms with van der Waals surface area (Å²) < 4.78 is 0. The van der Waals surface area contributed by atoms with E-state index in [1.165, 1.54) is 0 Å². The van der Waals surface area contributed by atoms with Gasteiger partial charge in [-0.25, -0.2) is 0 Å². The maximum absolute atomic E-state index is 6.21. The Morgan fingerprint density at radius 2 is 2.12 bits per heavy atom. The molecule has 1 rings (SSSR count). The average Bonchev–Trinajstić information content (AvgIpc) is 2.32. The summed E-state index contributed by atoms with van der Waals surface area (Å²) in [6.07, 6.45) is 4.22. The molecule has 1 nitrogen and oxygen atoms in total. The molecule has 17 heavy (non-hydrogen) atoms. The SMILES string of the molecule is CCNC(CCSC)Cc1cccc(Cl)c1Cl. The normalized spacial score (nSPS) is 12.7. The molecule has 0 radical (unpaired) electrons. The predicted molar refractivity (Wildman–Crippen MR) is 80.6 cm³/mol. The average molecular weight is 292 g/mol. The quantitative estimate of drug-likeness (QED) is 0.805. The van der Waals surface area contributed by atoms with Crippen molar-refractivity contribution in [3.05, 3.63) is 33.8 Å². The van der Waals surface area contributed by atoms with Gasteiger partial charge in [0.25, 0.3) is 0 Å². The predicted octanol–water partition coefficient (Wildman–Crippen LogP) is 4.27. The van der Waals surface area contributed by atoms with E-state index >= 15 is 0 Å². The zero-order valence-electron chi connectivity index (χ0n) is 10.3. The molecule has 0 fully saturated rings. The molecule has 0 amide bonds. The fraction of sp³-hybridized carbons (Fsp3) is 0.538. The highest BCUT2D eigenvalue weighted by Crippen LogP contribution is 2.26. The highest BCUT2D eigenvalue weighted by Gasteiger charge is 2.11. The summed E-state index contributed by atoms with van der Waals surface area (Å²) in [5, 5.41) is 4.84. The van der Waals surface area contributed by atoms with Gasteiger partial charge in [-0.2, -0.15) is 11.8 Å². The van der Waals surface area contributed by atoms with Crippen LogP contribution in [0.25, 0.3) is 0 Å². The molecule has 0 saturated carbocycles. The van der Waals surface area contributed by atoms with Crippen molar-refractivity contribution in [1.82, 2.24) is 5.32 Å². The van der Waals surface area contributed by atoms with Crippen molar-refractivity contribution >= 4 is 35.0 Å². The zero-order chi connectivity index (χ0) is 12.7. The minimum Gasteiger partial charge on any atom is -0.314 e. The molecule has 1 unspecified atom stereocenters. The zero-order valence-corrected chi connectivity index (χ0v) is 12.6. The molecule has 96 valence electrons. The molecular formula is C13H19Cl2NS. The maximum Gasteiger partial charge on any atom is 0.0624 e. The van der Waals surface area contributed by atoms with Gasteiger partial charge in [0, 0.05) is 6.04 Å². The van der Waals surface area contributed by atoms with Gasteiger partial charge < -0.3 is 5.32 Å². The van der Waals surface area contributed by atoms with Crippen molar-refractivity contribution in [2.75, 3.05) is 18.6 Å². The van der Waals surface area contributed by atoms with E-state index in [1.54, 1.807) is 0 Å². The molecule has 0 spiro atoms. The Morgan fingerprint density at radius 3 is 2.76 bits per heavy atom. The second-order valence-electron chi connectivity index (χ2n) is 3.95. The van der Waals surface area contributed by atoms with Crippen LogP contribution in [-0.4, -0.2) is 24.6 Å². The standard InChI is InChI=1S/C13H19Cl2NS/c1-3-16-11(7-8-17-2)9-10-5-4-6-12(14)13(10)15/h4-6,11,16H,3,7-9H2,1-2H3. The first-order chi connectivity index (χ1) is 8.19. The van der Waals surface area contributed by atoms with Crippen LogP contribution in [0.3, 0.4) is 0 Å². The van der Waals surface area contributed by atoms with E-state index in [9.17, 15) is 0 Å². The third-order valence-electron chi connectivity index (χ3n) is 2.66. The molecule has 1 aromatic carbocycles. The van der Waals surface area contributed by atoms with E-state index in [4.69, 9.17) is 23.2 Å². The fourth-order valence-electron chi connectivity index (χ4n) is 1.80. The Labute approximate surface area is 118 Å². The van der Waals surface area contributed by atoms with Crippen molar-refractivity contribution in [2.45, 2.75) is 25.8 Å². The molecule has 0 aliphatic heterocycles. The van der Waals surface area contributed by atoms with Crippen LogP contribution < -0.4 is 5.32 Å². The summed E-state index contributed by atoms with van der Waals surface area (Å²) in [7, 11) is 0. The van der Waals surface area contributed by atoms with Gasteiger partial charge in [-0.1, -0.05) is 42.3 Å². The van der Waals surface area contributed by atoms with Crippen LogP contribution in [-0.2, 0) is 6.42 Å². The largest absolute Gasteiger partial charge is 0.314 e. The molecule has 1 aromatic rings. The Hall–Kier alpha value is 0.110. The van der Waals surface area contributed by atoms with Gasteiger partial charge in [-0.15, -0.1) is 0 Å². The minimum atomic E-state index is 0.475. The fourth-order valence-corrected chi connectivity index (χ4v) is 2.71. The van der Waals surface area contributed by atoms with E-state index in [-0.39, 0.29) is 0 Å². The van der Waals surface area contributed by atoms with Crippen LogP contribution in [0, 0.1) is 0 Å². The summed E-state index contributed by atoms with van der Waals surface area (Å²) in [6.45, 7) is 3.11. The highest BCUT2D eigenvalue weighted by atomic mass is 35.5. The first-order valence-corrected chi connectivity index (χ1v) is 7.99. The minimum absolute atomic E-state index is 0.475. The van der Waals surface area contributed by atoms with Crippen molar-refractivity contribution in [3.8, 4) is 0 Å². The number of halogens is 2. The van der Waals surface area contributed by atoms with E-state index in [0.717, 1.165) is 30.7 Å². The lowest BCUT2D eigenvalue weighted by Crippen LogP contribution is -2.31. The lowest BCUT2D eigenvalue weighted by molar-refractivity contribution is 0.513. The number of rotatable bonds is 7. The van der Waals surface area contributed by atoms with Crippen molar-refractivity contribution in [2.24, 2.45) is 0 Å². The third-order valence-corrected chi connectivity index (χ3v) is 4.16. The number of likely N-dealkylation sites (N-methyl/N-ethyl adjacent to an activating group) is 1. The Morgan fingerprint density at radius 1 is 1.35 bits per heavy atom. The Balaban J connectivity index is 2.67. The van der Waals surface area contributed by atoms with E-state index < -0.39 is 0 Å². The second-order valence-corrected chi connectivity index (χ2v) is 5.72. The van der Waals surface area contributed by atoms with Crippen LogP contribution in [0.15, 0.2) is 18.2 Å².